The molecule has 0 aromatic rings. The molecule has 1 atom stereocenters. The van der Waals surface area contributed by atoms with E-state index in [2.05, 4.69) is 29.2 Å². The molecular formula is C11H21N3S. The van der Waals surface area contributed by atoms with Crippen LogP contribution in [0.2, 0.25) is 0 Å². The molecule has 0 aromatic heterocycles. The molecule has 0 spiro atoms. The van der Waals surface area contributed by atoms with E-state index in [9.17, 15) is 0 Å². The second-order valence-electron chi connectivity index (χ2n) is 4.12. The second-order valence-corrected chi connectivity index (χ2v) is 5.10. The quantitative estimate of drug-likeness (QED) is 0.662. The maximum Gasteiger partial charge on any atom is 0.0979 e. The molecule has 0 aromatic carbocycles. The zero-order chi connectivity index (χ0) is 11.1. The van der Waals surface area contributed by atoms with Crippen molar-refractivity contribution in [1.82, 2.24) is 9.80 Å². The lowest BCUT2D eigenvalue weighted by molar-refractivity contribution is 0.128. The lowest BCUT2D eigenvalue weighted by Crippen LogP contribution is -2.48. The van der Waals surface area contributed by atoms with Gasteiger partial charge in [-0.05, 0) is 31.9 Å². The SMILES string of the molecule is CSCCCC(C#N)N1CCN(C)CC1. The van der Waals surface area contributed by atoms with E-state index >= 15 is 0 Å². The summed E-state index contributed by atoms with van der Waals surface area (Å²) < 4.78 is 0. The van der Waals surface area contributed by atoms with Crippen molar-refractivity contribution in [3.05, 3.63) is 0 Å². The Labute approximate surface area is 97.4 Å². The summed E-state index contributed by atoms with van der Waals surface area (Å²) in [5.41, 5.74) is 0. The molecule has 0 saturated carbocycles. The molecule has 1 heterocycles. The first-order valence-corrected chi connectivity index (χ1v) is 6.98. The lowest BCUT2D eigenvalue weighted by Gasteiger charge is -2.35. The zero-order valence-corrected chi connectivity index (χ0v) is 10.6. The van der Waals surface area contributed by atoms with Crippen molar-refractivity contribution in [2.75, 3.05) is 45.2 Å². The van der Waals surface area contributed by atoms with Crippen LogP contribution < -0.4 is 0 Å². The summed E-state index contributed by atoms with van der Waals surface area (Å²) in [4.78, 5) is 4.66. The van der Waals surface area contributed by atoms with Crippen molar-refractivity contribution in [3.63, 3.8) is 0 Å². The van der Waals surface area contributed by atoms with Crippen LogP contribution in [0.25, 0.3) is 0 Å². The smallest absolute Gasteiger partial charge is 0.0979 e. The van der Waals surface area contributed by atoms with Gasteiger partial charge in [0.05, 0.1) is 12.1 Å². The maximum absolute atomic E-state index is 9.13. The van der Waals surface area contributed by atoms with Gasteiger partial charge in [-0.2, -0.15) is 17.0 Å². The minimum atomic E-state index is 0.144. The van der Waals surface area contributed by atoms with Gasteiger partial charge in [0.2, 0.25) is 0 Å². The number of rotatable bonds is 5. The molecule has 1 rings (SSSR count). The highest BCUT2D eigenvalue weighted by atomic mass is 32.2. The van der Waals surface area contributed by atoms with E-state index in [0.29, 0.717) is 0 Å². The van der Waals surface area contributed by atoms with Crippen LogP contribution in [0.1, 0.15) is 12.8 Å². The Morgan fingerprint density at radius 3 is 2.53 bits per heavy atom. The first-order chi connectivity index (χ1) is 7.27. The van der Waals surface area contributed by atoms with Crippen LogP contribution >= 0.6 is 11.8 Å². The lowest BCUT2D eigenvalue weighted by atomic mass is 10.1. The van der Waals surface area contributed by atoms with E-state index in [1.807, 2.05) is 11.8 Å². The third-order valence-corrected chi connectivity index (χ3v) is 3.65. The molecule has 1 saturated heterocycles. The Hall–Kier alpha value is -0.240. The summed E-state index contributed by atoms with van der Waals surface area (Å²) in [5.74, 6) is 1.17. The number of nitrogens with zero attached hydrogens (tertiary/aromatic N) is 3. The Morgan fingerprint density at radius 1 is 1.33 bits per heavy atom. The molecule has 0 N–H and O–H groups in total. The van der Waals surface area contributed by atoms with Gasteiger partial charge in [0.15, 0.2) is 0 Å². The molecule has 0 aliphatic carbocycles. The summed E-state index contributed by atoms with van der Waals surface area (Å²) in [7, 11) is 2.15. The molecule has 1 aliphatic rings. The van der Waals surface area contributed by atoms with E-state index in [1.165, 1.54) is 5.75 Å². The molecular weight excluding hydrogens is 206 g/mol. The highest BCUT2D eigenvalue weighted by molar-refractivity contribution is 7.98. The van der Waals surface area contributed by atoms with Crippen LogP contribution in [0.15, 0.2) is 0 Å². The number of likely N-dealkylation sites (N-methyl/N-ethyl adjacent to an activating group) is 1. The standard InChI is InChI=1S/C11H21N3S/c1-13-5-7-14(8-6-13)11(10-12)4-3-9-15-2/h11H,3-9H2,1-2H3. The van der Waals surface area contributed by atoms with E-state index < -0.39 is 0 Å². The van der Waals surface area contributed by atoms with Crippen LogP contribution in [0, 0.1) is 11.3 Å². The van der Waals surface area contributed by atoms with Crippen LogP contribution in [-0.2, 0) is 0 Å². The zero-order valence-electron chi connectivity index (χ0n) is 9.78. The maximum atomic E-state index is 9.13. The Morgan fingerprint density at radius 2 is 2.00 bits per heavy atom. The number of piperazine rings is 1. The van der Waals surface area contributed by atoms with E-state index in [0.717, 1.165) is 39.0 Å². The van der Waals surface area contributed by atoms with Gasteiger partial charge >= 0.3 is 0 Å². The number of hydrogen-bond donors (Lipinski definition) is 0. The summed E-state index contributed by atoms with van der Waals surface area (Å²) >= 11 is 1.86. The van der Waals surface area contributed by atoms with E-state index in [-0.39, 0.29) is 6.04 Å². The van der Waals surface area contributed by atoms with Crippen molar-refractivity contribution in [1.29, 1.82) is 5.26 Å². The highest BCUT2D eigenvalue weighted by Crippen LogP contribution is 2.11. The molecule has 1 unspecified atom stereocenters. The molecule has 3 nitrogen and oxygen atoms in total. The van der Waals surface area contributed by atoms with Crippen molar-refractivity contribution in [2.24, 2.45) is 0 Å². The largest absolute Gasteiger partial charge is 0.304 e. The fourth-order valence-electron chi connectivity index (χ4n) is 1.88. The third kappa shape index (κ3) is 4.42. The molecule has 4 heteroatoms. The molecule has 0 radical (unpaired) electrons. The first-order valence-electron chi connectivity index (χ1n) is 5.59. The van der Waals surface area contributed by atoms with Gasteiger partial charge in [0, 0.05) is 26.2 Å². The Kier molecular flexibility index (Phi) is 6.07. The van der Waals surface area contributed by atoms with Crippen molar-refractivity contribution >= 4 is 11.8 Å². The first kappa shape index (κ1) is 12.8. The molecule has 15 heavy (non-hydrogen) atoms. The number of thioether (sulfide) groups is 1. The Bertz CT molecular complexity index is 206. The van der Waals surface area contributed by atoms with Crippen LogP contribution in [-0.4, -0.2) is 61.1 Å². The van der Waals surface area contributed by atoms with Gasteiger partial charge in [-0.1, -0.05) is 0 Å². The number of nitriles is 1. The average molecular weight is 227 g/mol. The normalized spacial score (nSPS) is 21.1. The van der Waals surface area contributed by atoms with Gasteiger partial charge in [-0.25, -0.2) is 0 Å². The Balaban J connectivity index is 2.28. The molecule has 1 aliphatic heterocycles. The van der Waals surface area contributed by atoms with Crippen LogP contribution in [0.3, 0.4) is 0 Å². The fraction of sp³-hybridized carbons (Fsp3) is 0.909. The minimum absolute atomic E-state index is 0.144. The molecule has 0 bridgehead atoms. The van der Waals surface area contributed by atoms with Gasteiger partial charge in [-0.3, -0.25) is 4.90 Å². The van der Waals surface area contributed by atoms with Gasteiger partial charge in [-0.15, -0.1) is 0 Å². The third-order valence-electron chi connectivity index (χ3n) is 2.95. The molecule has 1 fully saturated rings. The second kappa shape index (κ2) is 7.10. The van der Waals surface area contributed by atoms with Crippen molar-refractivity contribution < 1.29 is 0 Å². The summed E-state index contributed by atoms with van der Waals surface area (Å²) in [6.07, 6.45) is 4.31. The van der Waals surface area contributed by atoms with Gasteiger partial charge < -0.3 is 4.90 Å². The summed E-state index contributed by atoms with van der Waals surface area (Å²) in [6.45, 7) is 4.30. The molecule has 0 amide bonds. The highest BCUT2D eigenvalue weighted by Gasteiger charge is 2.21. The predicted molar refractivity (Wildman–Crippen MR) is 66.1 cm³/mol. The van der Waals surface area contributed by atoms with Crippen LogP contribution in [0.5, 0.6) is 0 Å². The van der Waals surface area contributed by atoms with Crippen molar-refractivity contribution in [2.45, 2.75) is 18.9 Å². The van der Waals surface area contributed by atoms with Gasteiger partial charge in [0.1, 0.15) is 0 Å². The van der Waals surface area contributed by atoms with E-state index in [1.54, 1.807) is 0 Å². The molecule has 86 valence electrons. The minimum Gasteiger partial charge on any atom is -0.304 e. The fourth-order valence-corrected chi connectivity index (χ4v) is 2.34. The van der Waals surface area contributed by atoms with Crippen LogP contribution in [0.4, 0.5) is 0 Å². The average Bonchev–Trinajstić information content (AvgIpc) is 2.26. The van der Waals surface area contributed by atoms with E-state index in [4.69, 9.17) is 5.26 Å². The van der Waals surface area contributed by atoms with Crippen molar-refractivity contribution in [3.8, 4) is 6.07 Å². The topological polar surface area (TPSA) is 30.3 Å². The predicted octanol–water partition coefficient (Wildman–Crippen LogP) is 1.27. The summed E-state index contributed by atoms with van der Waals surface area (Å²) in [6, 6.07) is 2.59. The number of hydrogen-bond acceptors (Lipinski definition) is 4. The monoisotopic (exact) mass is 227 g/mol. The van der Waals surface area contributed by atoms with Gasteiger partial charge in [0.25, 0.3) is 0 Å². The summed E-state index contributed by atoms with van der Waals surface area (Å²) in [5, 5.41) is 9.13.